The summed E-state index contributed by atoms with van der Waals surface area (Å²) >= 11 is 0. The number of hydrogen-bond acceptors (Lipinski definition) is 2. The second-order valence-corrected chi connectivity index (χ2v) is 4.76. The summed E-state index contributed by atoms with van der Waals surface area (Å²) < 4.78 is 5.82. The Balaban J connectivity index is 2.24. The van der Waals surface area contributed by atoms with Crippen LogP contribution in [-0.4, -0.2) is 19.2 Å². The van der Waals surface area contributed by atoms with E-state index >= 15 is 0 Å². The maximum Gasteiger partial charge on any atom is 0.122 e. The molecule has 0 aliphatic rings. The van der Waals surface area contributed by atoms with Crippen molar-refractivity contribution in [1.29, 1.82) is 0 Å². The van der Waals surface area contributed by atoms with Crippen LogP contribution in [0, 0.1) is 0 Å². The molecule has 1 N–H and O–H groups in total. The van der Waals surface area contributed by atoms with Gasteiger partial charge in [-0.1, -0.05) is 38.1 Å². The van der Waals surface area contributed by atoms with Crippen LogP contribution in [0.3, 0.4) is 0 Å². The number of para-hydroxylation sites is 1. The third-order valence-electron chi connectivity index (χ3n) is 2.72. The summed E-state index contributed by atoms with van der Waals surface area (Å²) in [6.45, 7) is 9.96. The van der Waals surface area contributed by atoms with Crippen molar-refractivity contribution in [3.63, 3.8) is 0 Å². The molecule has 18 heavy (non-hydrogen) atoms. The summed E-state index contributed by atoms with van der Waals surface area (Å²) in [5.41, 5.74) is 1.22. The monoisotopic (exact) mass is 247 g/mol. The molecule has 0 heterocycles. The molecule has 0 radical (unpaired) electrons. The van der Waals surface area contributed by atoms with Crippen molar-refractivity contribution in [3.05, 3.63) is 42.5 Å². The average Bonchev–Trinajstić information content (AvgIpc) is 2.35. The molecule has 0 amide bonds. The maximum atomic E-state index is 5.82. The van der Waals surface area contributed by atoms with E-state index in [0.29, 0.717) is 6.04 Å². The summed E-state index contributed by atoms with van der Waals surface area (Å²) in [5, 5.41) is 3.41. The predicted molar refractivity (Wildman–Crippen MR) is 78.2 cm³/mol. The molecule has 2 heteroatoms. The van der Waals surface area contributed by atoms with Crippen LogP contribution < -0.4 is 10.1 Å². The minimum absolute atomic E-state index is 0.569. The van der Waals surface area contributed by atoms with Crippen molar-refractivity contribution >= 4 is 0 Å². The van der Waals surface area contributed by atoms with Crippen molar-refractivity contribution < 1.29 is 4.74 Å². The molecule has 0 saturated heterocycles. The second-order valence-electron chi connectivity index (χ2n) is 4.76. The third kappa shape index (κ3) is 5.87. The Hall–Kier alpha value is -1.28. The highest BCUT2D eigenvalue weighted by atomic mass is 16.5. The lowest BCUT2D eigenvalue weighted by atomic mass is 10.1. The van der Waals surface area contributed by atoms with Crippen molar-refractivity contribution in [1.82, 2.24) is 5.32 Å². The minimum Gasteiger partial charge on any atom is -0.493 e. The lowest BCUT2D eigenvalue weighted by molar-refractivity contribution is 0.302. The van der Waals surface area contributed by atoms with Crippen LogP contribution in [0.4, 0.5) is 0 Å². The molecule has 0 fully saturated rings. The van der Waals surface area contributed by atoms with Crippen LogP contribution in [0.1, 0.15) is 32.3 Å². The molecule has 1 aromatic rings. The third-order valence-corrected chi connectivity index (χ3v) is 2.72. The molecule has 1 aromatic carbocycles. The van der Waals surface area contributed by atoms with E-state index in [1.165, 1.54) is 5.56 Å². The Bertz CT molecular complexity index is 347. The Kier molecular flexibility index (Phi) is 7.19. The topological polar surface area (TPSA) is 21.3 Å². The van der Waals surface area contributed by atoms with Gasteiger partial charge in [-0.3, -0.25) is 0 Å². The van der Waals surface area contributed by atoms with E-state index in [1.807, 2.05) is 24.3 Å². The van der Waals surface area contributed by atoms with E-state index in [4.69, 9.17) is 4.74 Å². The molecule has 0 aromatic heterocycles. The highest BCUT2D eigenvalue weighted by Gasteiger charge is 2.00. The van der Waals surface area contributed by atoms with Crippen molar-refractivity contribution in [2.24, 2.45) is 0 Å². The number of rotatable bonds is 9. The Morgan fingerprint density at radius 3 is 2.78 bits per heavy atom. The van der Waals surface area contributed by atoms with E-state index in [1.54, 1.807) is 0 Å². The maximum absolute atomic E-state index is 5.82. The van der Waals surface area contributed by atoms with Gasteiger partial charge in [0, 0.05) is 6.04 Å². The molecule has 0 atom stereocenters. The summed E-state index contributed by atoms with van der Waals surface area (Å²) in [6, 6.07) is 8.75. The van der Waals surface area contributed by atoms with Crippen molar-refractivity contribution in [3.8, 4) is 5.75 Å². The number of hydrogen-bond donors (Lipinski definition) is 1. The molecule has 0 aliphatic heterocycles. The fourth-order valence-corrected chi connectivity index (χ4v) is 1.77. The second kappa shape index (κ2) is 8.76. The quantitative estimate of drug-likeness (QED) is 0.532. The van der Waals surface area contributed by atoms with Gasteiger partial charge in [0.25, 0.3) is 0 Å². The van der Waals surface area contributed by atoms with Crippen LogP contribution in [0.25, 0.3) is 0 Å². The Morgan fingerprint density at radius 2 is 2.06 bits per heavy atom. The first-order chi connectivity index (χ1) is 8.74. The first-order valence-electron chi connectivity index (χ1n) is 6.79. The molecule has 100 valence electrons. The predicted octanol–water partition coefficient (Wildman–Crippen LogP) is 3.57. The molecule has 0 bridgehead atoms. The summed E-state index contributed by atoms with van der Waals surface area (Å²) in [6.07, 6.45) is 5.02. The van der Waals surface area contributed by atoms with Gasteiger partial charge >= 0.3 is 0 Å². The normalized spacial score (nSPS) is 10.6. The summed E-state index contributed by atoms with van der Waals surface area (Å²) in [5.74, 6) is 0.995. The lowest BCUT2D eigenvalue weighted by Gasteiger charge is -2.11. The van der Waals surface area contributed by atoms with Gasteiger partial charge in [-0.05, 0) is 37.4 Å². The lowest BCUT2D eigenvalue weighted by Crippen LogP contribution is -2.23. The molecule has 1 rings (SSSR count). The molecule has 0 spiro atoms. The molecule has 0 unspecified atom stereocenters. The largest absolute Gasteiger partial charge is 0.493 e. The SMILES string of the molecule is C=CCc1ccccc1OCCCCNC(C)C. The summed E-state index contributed by atoms with van der Waals surface area (Å²) in [7, 11) is 0. The van der Waals surface area contributed by atoms with Gasteiger partial charge in [0.1, 0.15) is 5.75 Å². The minimum atomic E-state index is 0.569. The van der Waals surface area contributed by atoms with Gasteiger partial charge < -0.3 is 10.1 Å². The van der Waals surface area contributed by atoms with E-state index in [-0.39, 0.29) is 0 Å². The molecular weight excluding hydrogens is 222 g/mol. The number of nitrogens with one attached hydrogen (secondary N) is 1. The zero-order valence-corrected chi connectivity index (χ0v) is 11.6. The van der Waals surface area contributed by atoms with Gasteiger partial charge in [-0.2, -0.15) is 0 Å². The van der Waals surface area contributed by atoms with Crippen LogP contribution in [0.2, 0.25) is 0 Å². The first-order valence-corrected chi connectivity index (χ1v) is 6.79. The van der Waals surface area contributed by atoms with E-state index in [0.717, 1.165) is 38.2 Å². The number of allylic oxidation sites excluding steroid dienone is 1. The van der Waals surface area contributed by atoms with E-state index in [2.05, 4.69) is 31.8 Å². The fraction of sp³-hybridized carbons (Fsp3) is 0.500. The van der Waals surface area contributed by atoms with Gasteiger partial charge in [-0.15, -0.1) is 6.58 Å². The van der Waals surface area contributed by atoms with Gasteiger partial charge in [-0.25, -0.2) is 0 Å². The molecule has 0 aliphatic carbocycles. The average molecular weight is 247 g/mol. The smallest absolute Gasteiger partial charge is 0.122 e. The zero-order valence-electron chi connectivity index (χ0n) is 11.6. The highest BCUT2D eigenvalue weighted by Crippen LogP contribution is 2.18. The van der Waals surface area contributed by atoms with Crippen molar-refractivity contribution in [2.45, 2.75) is 39.2 Å². The van der Waals surface area contributed by atoms with Gasteiger partial charge in [0.05, 0.1) is 6.61 Å². The molecule has 0 saturated carbocycles. The van der Waals surface area contributed by atoms with Gasteiger partial charge in [0.15, 0.2) is 0 Å². The van der Waals surface area contributed by atoms with E-state index in [9.17, 15) is 0 Å². The number of ether oxygens (including phenoxy) is 1. The molecule has 2 nitrogen and oxygen atoms in total. The highest BCUT2D eigenvalue weighted by molar-refractivity contribution is 5.34. The summed E-state index contributed by atoms with van der Waals surface area (Å²) in [4.78, 5) is 0. The fourth-order valence-electron chi connectivity index (χ4n) is 1.77. The van der Waals surface area contributed by atoms with Gasteiger partial charge in [0.2, 0.25) is 0 Å². The van der Waals surface area contributed by atoms with Crippen LogP contribution in [0.5, 0.6) is 5.75 Å². The number of unbranched alkanes of at least 4 members (excludes halogenated alkanes) is 1. The molecular formula is C16H25NO. The van der Waals surface area contributed by atoms with Crippen LogP contribution in [0.15, 0.2) is 36.9 Å². The standard InChI is InChI=1S/C16H25NO/c1-4-9-15-10-5-6-11-16(15)18-13-8-7-12-17-14(2)3/h4-6,10-11,14,17H,1,7-9,12-13H2,2-3H3. The van der Waals surface area contributed by atoms with E-state index < -0.39 is 0 Å². The first kappa shape index (κ1) is 14.8. The van der Waals surface area contributed by atoms with Crippen LogP contribution in [-0.2, 0) is 6.42 Å². The Labute approximate surface area is 111 Å². The zero-order chi connectivity index (χ0) is 13.2. The Morgan fingerprint density at radius 1 is 1.28 bits per heavy atom. The van der Waals surface area contributed by atoms with Crippen molar-refractivity contribution in [2.75, 3.05) is 13.2 Å². The number of benzene rings is 1. The van der Waals surface area contributed by atoms with Crippen LogP contribution >= 0.6 is 0 Å².